The largest absolute Gasteiger partial charge is 0.480 e. The molecular weight excluding hydrogens is 258 g/mol. The van der Waals surface area contributed by atoms with Crippen LogP contribution >= 0.6 is 0 Å². The standard InChI is InChI=1S/C14H27N3O3/c1-5-16-8-6-7-11(16)9-15-13(20)17(10-12(18)19)14(2,3)4/h11H,5-10H2,1-4H3,(H,15,20)(H,18,19). The Morgan fingerprint density at radius 2 is 2.05 bits per heavy atom. The van der Waals surface area contributed by atoms with Crippen LogP contribution in [0.5, 0.6) is 0 Å². The molecule has 1 aliphatic rings. The Hall–Kier alpha value is -1.30. The number of likely N-dealkylation sites (tertiary alicyclic amines) is 1. The minimum absolute atomic E-state index is 0.280. The molecule has 116 valence electrons. The Kier molecular flexibility index (Phi) is 5.80. The van der Waals surface area contributed by atoms with Gasteiger partial charge in [-0.2, -0.15) is 0 Å². The third-order valence-corrected chi connectivity index (χ3v) is 3.74. The SMILES string of the molecule is CCN1CCCC1CNC(=O)N(CC(=O)O)C(C)(C)C. The smallest absolute Gasteiger partial charge is 0.323 e. The highest BCUT2D eigenvalue weighted by Gasteiger charge is 2.30. The molecule has 20 heavy (non-hydrogen) atoms. The molecule has 0 bridgehead atoms. The minimum atomic E-state index is -0.994. The molecule has 0 aromatic carbocycles. The highest BCUT2D eigenvalue weighted by atomic mass is 16.4. The summed E-state index contributed by atoms with van der Waals surface area (Å²) in [4.78, 5) is 26.8. The number of nitrogens with zero attached hydrogens (tertiary/aromatic N) is 2. The predicted molar refractivity (Wildman–Crippen MR) is 77.8 cm³/mol. The van der Waals surface area contributed by atoms with Gasteiger partial charge in [0.25, 0.3) is 0 Å². The first-order chi connectivity index (χ1) is 9.25. The Balaban J connectivity index is 2.56. The monoisotopic (exact) mass is 285 g/mol. The van der Waals surface area contributed by atoms with Crippen molar-refractivity contribution >= 4 is 12.0 Å². The summed E-state index contributed by atoms with van der Waals surface area (Å²) in [6.45, 7) is 9.99. The van der Waals surface area contributed by atoms with Gasteiger partial charge in [-0.3, -0.25) is 9.69 Å². The fourth-order valence-electron chi connectivity index (χ4n) is 2.59. The first kappa shape index (κ1) is 16.8. The second-order valence-electron chi connectivity index (χ2n) is 6.26. The normalized spacial score (nSPS) is 19.9. The van der Waals surface area contributed by atoms with Crippen LogP contribution in [0.2, 0.25) is 0 Å². The van der Waals surface area contributed by atoms with Gasteiger partial charge in [-0.05, 0) is 46.7 Å². The van der Waals surface area contributed by atoms with Gasteiger partial charge in [0.1, 0.15) is 6.54 Å². The third-order valence-electron chi connectivity index (χ3n) is 3.74. The van der Waals surface area contributed by atoms with Crippen molar-refractivity contribution in [2.24, 2.45) is 0 Å². The number of amides is 2. The summed E-state index contributed by atoms with van der Waals surface area (Å²) < 4.78 is 0. The summed E-state index contributed by atoms with van der Waals surface area (Å²) in [6.07, 6.45) is 2.25. The molecule has 0 aromatic rings. The van der Waals surface area contributed by atoms with Crippen LogP contribution in [0.25, 0.3) is 0 Å². The zero-order valence-electron chi connectivity index (χ0n) is 13.0. The van der Waals surface area contributed by atoms with E-state index in [1.54, 1.807) is 0 Å². The Morgan fingerprint density at radius 1 is 1.40 bits per heavy atom. The average Bonchev–Trinajstić information content (AvgIpc) is 2.78. The van der Waals surface area contributed by atoms with Crippen LogP contribution in [-0.4, -0.2) is 64.7 Å². The topological polar surface area (TPSA) is 72.9 Å². The van der Waals surface area contributed by atoms with E-state index in [4.69, 9.17) is 5.11 Å². The molecule has 0 spiro atoms. The van der Waals surface area contributed by atoms with Crippen molar-refractivity contribution < 1.29 is 14.7 Å². The molecule has 6 nitrogen and oxygen atoms in total. The molecule has 1 atom stereocenters. The summed E-state index contributed by atoms with van der Waals surface area (Å²) in [5.41, 5.74) is -0.511. The zero-order valence-corrected chi connectivity index (χ0v) is 13.0. The number of hydrogen-bond acceptors (Lipinski definition) is 3. The van der Waals surface area contributed by atoms with E-state index in [0.29, 0.717) is 12.6 Å². The number of carboxylic acids is 1. The number of likely N-dealkylation sites (N-methyl/N-ethyl adjacent to an activating group) is 1. The molecular formula is C14H27N3O3. The van der Waals surface area contributed by atoms with Crippen LogP contribution in [0.3, 0.4) is 0 Å². The highest BCUT2D eigenvalue weighted by molar-refractivity contribution is 5.80. The molecule has 1 rings (SSSR count). The van der Waals surface area contributed by atoms with Gasteiger partial charge < -0.3 is 15.3 Å². The predicted octanol–water partition coefficient (Wildman–Crippen LogP) is 1.37. The molecule has 1 aliphatic heterocycles. The molecule has 1 unspecified atom stereocenters. The summed E-state index contributed by atoms with van der Waals surface area (Å²) in [5, 5.41) is 11.8. The Morgan fingerprint density at radius 3 is 2.55 bits per heavy atom. The molecule has 1 heterocycles. The molecule has 6 heteroatoms. The number of urea groups is 1. The zero-order chi connectivity index (χ0) is 15.3. The van der Waals surface area contributed by atoms with E-state index in [9.17, 15) is 9.59 Å². The maximum absolute atomic E-state index is 12.2. The molecule has 2 N–H and O–H groups in total. The highest BCUT2D eigenvalue weighted by Crippen LogP contribution is 2.17. The van der Waals surface area contributed by atoms with Crippen LogP contribution in [0.1, 0.15) is 40.5 Å². The third kappa shape index (κ3) is 4.67. The number of hydrogen-bond donors (Lipinski definition) is 2. The molecule has 1 saturated heterocycles. The van der Waals surface area contributed by atoms with E-state index in [1.807, 2.05) is 20.8 Å². The van der Waals surface area contributed by atoms with Gasteiger partial charge in [0.2, 0.25) is 0 Å². The molecule has 0 saturated carbocycles. The summed E-state index contributed by atoms with van der Waals surface area (Å²) in [6, 6.07) is 0.0680. The molecule has 0 aliphatic carbocycles. The van der Waals surface area contributed by atoms with E-state index >= 15 is 0 Å². The average molecular weight is 285 g/mol. The van der Waals surface area contributed by atoms with Crippen molar-refractivity contribution in [3.63, 3.8) is 0 Å². The van der Waals surface area contributed by atoms with E-state index in [1.165, 1.54) is 4.90 Å². The van der Waals surface area contributed by atoms with Crippen LogP contribution in [0.4, 0.5) is 4.79 Å². The first-order valence-electron chi connectivity index (χ1n) is 7.27. The lowest BCUT2D eigenvalue weighted by Crippen LogP contribution is -2.54. The van der Waals surface area contributed by atoms with Crippen molar-refractivity contribution in [2.75, 3.05) is 26.2 Å². The molecule has 0 radical (unpaired) electrons. The lowest BCUT2D eigenvalue weighted by atomic mass is 10.1. The van der Waals surface area contributed by atoms with Gasteiger partial charge >= 0.3 is 12.0 Å². The fraction of sp³-hybridized carbons (Fsp3) is 0.857. The second kappa shape index (κ2) is 6.92. The number of carboxylic acid groups (broad SMARTS) is 1. The number of rotatable bonds is 5. The van der Waals surface area contributed by atoms with Gasteiger partial charge in [-0.15, -0.1) is 0 Å². The maximum Gasteiger partial charge on any atom is 0.323 e. The second-order valence-corrected chi connectivity index (χ2v) is 6.26. The quantitative estimate of drug-likeness (QED) is 0.800. The Labute approximate surface area is 121 Å². The molecule has 2 amide bonds. The van der Waals surface area contributed by atoms with Crippen molar-refractivity contribution in [1.82, 2.24) is 15.1 Å². The van der Waals surface area contributed by atoms with Gasteiger partial charge in [0.05, 0.1) is 0 Å². The Bertz CT molecular complexity index is 352. The van der Waals surface area contributed by atoms with Crippen LogP contribution < -0.4 is 5.32 Å². The molecule has 1 fully saturated rings. The maximum atomic E-state index is 12.2. The van der Waals surface area contributed by atoms with Crippen molar-refractivity contribution in [3.05, 3.63) is 0 Å². The van der Waals surface area contributed by atoms with Gasteiger partial charge in [-0.25, -0.2) is 4.79 Å². The van der Waals surface area contributed by atoms with Crippen molar-refractivity contribution in [1.29, 1.82) is 0 Å². The van der Waals surface area contributed by atoms with Gasteiger partial charge in [0.15, 0.2) is 0 Å². The lowest BCUT2D eigenvalue weighted by Gasteiger charge is -2.35. The molecule has 0 aromatic heterocycles. The van der Waals surface area contributed by atoms with Crippen molar-refractivity contribution in [2.45, 2.75) is 52.1 Å². The van der Waals surface area contributed by atoms with E-state index in [-0.39, 0.29) is 12.6 Å². The van der Waals surface area contributed by atoms with Crippen LogP contribution in [-0.2, 0) is 4.79 Å². The summed E-state index contributed by atoms with van der Waals surface area (Å²) >= 11 is 0. The number of carbonyl (C=O) groups is 2. The van der Waals surface area contributed by atoms with Crippen LogP contribution in [0, 0.1) is 0 Å². The fourth-order valence-corrected chi connectivity index (χ4v) is 2.59. The summed E-state index contributed by atoms with van der Waals surface area (Å²) in [7, 11) is 0. The van der Waals surface area contributed by atoms with Gasteiger partial charge in [0, 0.05) is 18.1 Å². The van der Waals surface area contributed by atoms with Crippen LogP contribution in [0.15, 0.2) is 0 Å². The van der Waals surface area contributed by atoms with E-state index in [0.717, 1.165) is 25.9 Å². The number of aliphatic carboxylic acids is 1. The minimum Gasteiger partial charge on any atom is -0.480 e. The number of carbonyl (C=O) groups excluding carboxylic acids is 1. The van der Waals surface area contributed by atoms with Gasteiger partial charge in [-0.1, -0.05) is 6.92 Å². The first-order valence-corrected chi connectivity index (χ1v) is 7.27. The van der Waals surface area contributed by atoms with E-state index < -0.39 is 11.5 Å². The van der Waals surface area contributed by atoms with E-state index in [2.05, 4.69) is 17.1 Å². The summed E-state index contributed by atoms with van der Waals surface area (Å²) in [5.74, 6) is -0.994. The lowest BCUT2D eigenvalue weighted by molar-refractivity contribution is -0.138. The van der Waals surface area contributed by atoms with Crippen molar-refractivity contribution in [3.8, 4) is 0 Å². The number of nitrogens with one attached hydrogen (secondary N) is 1.